The van der Waals surface area contributed by atoms with Crippen molar-refractivity contribution in [2.45, 2.75) is 38.9 Å². The molecule has 0 amide bonds. The molecule has 0 aromatic carbocycles. The fraction of sp³-hybridized carbons (Fsp3) is 0.538. The van der Waals surface area contributed by atoms with Gasteiger partial charge in [0, 0.05) is 17.7 Å². The molecule has 0 unspecified atom stereocenters. The minimum absolute atomic E-state index is 0.362. The highest BCUT2D eigenvalue weighted by Crippen LogP contribution is 2.37. The van der Waals surface area contributed by atoms with Crippen LogP contribution in [-0.4, -0.2) is 32.9 Å². The lowest BCUT2D eigenvalue weighted by Crippen LogP contribution is -2.41. The van der Waals surface area contributed by atoms with Crippen LogP contribution in [0.4, 0.5) is 0 Å². The van der Waals surface area contributed by atoms with Crippen molar-refractivity contribution in [2.24, 2.45) is 7.05 Å². The van der Waals surface area contributed by atoms with Crippen LogP contribution in [0.15, 0.2) is 17.0 Å². The lowest BCUT2D eigenvalue weighted by molar-refractivity contribution is 0.00578. The second-order valence-electron chi connectivity index (χ2n) is 6.11. The van der Waals surface area contributed by atoms with Gasteiger partial charge in [-0.15, -0.1) is 0 Å². The van der Waals surface area contributed by atoms with Crippen molar-refractivity contribution in [3.63, 3.8) is 0 Å². The van der Waals surface area contributed by atoms with Crippen molar-refractivity contribution in [1.29, 1.82) is 0 Å². The van der Waals surface area contributed by atoms with Crippen molar-refractivity contribution in [1.82, 2.24) is 14.5 Å². The van der Waals surface area contributed by atoms with E-state index in [0.717, 1.165) is 21.1 Å². The summed E-state index contributed by atoms with van der Waals surface area (Å²) in [6.07, 6.45) is 3.34. The summed E-state index contributed by atoms with van der Waals surface area (Å²) in [6, 6.07) is 0. The quantitative estimate of drug-likeness (QED) is 0.747. The third-order valence-electron chi connectivity index (χ3n) is 4.31. The lowest BCUT2D eigenvalue weighted by Gasteiger charge is -2.32. The van der Waals surface area contributed by atoms with E-state index in [1.165, 1.54) is 0 Å². The molecule has 0 aliphatic carbocycles. The molecular formula is C13H17BBrN3O2. The van der Waals surface area contributed by atoms with Gasteiger partial charge in [-0.05, 0) is 43.6 Å². The Labute approximate surface area is 127 Å². The Bertz CT molecular complexity index is 629. The summed E-state index contributed by atoms with van der Waals surface area (Å²) in [5, 5.41) is 0.958. The summed E-state index contributed by atoms with van der Waals surface area (Å²) < 4.78 is 15.2. The van der Waals surface area contributed by atoms with Gasteiger partial charge in [0.2, 0.25) is 0 Å². The van der Waals surface area contributed by atoms with Gasteiger partial charge < -0.3 is 13.9 Å². The number of aryl methyl sites for hydroxylation is 1. The Morgan fingerprint density at radius 2 is 1.80 bits per heavy atom. The number of nitrogens with zero attached hydrogens (tertiary/aromatic N) is 3. The number of hydrogen-bond acceptors (Lipinski definition) is 4. The molecule has 7 heteroatoms. The molecule has 0 saturated carbocycles. The molecule has 1 saturated heterocycles. The van der Waals surface area contributed by atoms with Gasteiger partial charge in [-0.2, -0.15) is 0 Å². The number of hydrogen-bond donors (Lipinski definition) is 0. The molecule has 0 N–H and O–H groups in total. The summed E-state index contributed by atoms with van der Waals surface area (Å²) in [7, 11) is 1.54. The van der Waals surface area contributed by atoms with Gasteiger partial charge in [0.1, 0.15) is 12.0 Å². The first-order chi connectivity index (χ1) is 9.24. The average molecular weight is 338 g/mol. The van der Waals surface area contributed by atoms with E-state index in [1.54, 1.807) is 12.5 Å². The number of aromatic nitrogens is 3. The van der Waals surface area contributed by atoms with Crippen molar-refractivity contribution in [2.75, 3.05) is 0 Å². The summed E-state index contributed by atoms with van der Waals surface area (Å²) in [5.41, 5.74) is 1.06. The fourth-order valence-corrected chi connectivity index (χ4v) is 3.09. The van der Waals surface area contributed by atoms with Crippen LogP contribution in [0.1, 0.15) is 27.7 Å². The minimum Gasteiger partial charge on any atom is -0.398 e. The maximum absolute atomic E-state index is 6.12. The van der Waals surface area contributed by atoms with Gasteiger partial charge >= 0.3 is 7.12 Å². The molecule has 0 atom stereocenters. The van der Waals surface area contributed by atoms with Crippen molar-refractivity contribution >= 4 is 39.7 Å². The van der Waals surface area contributed by atoms with E-state index in [-0.39, 0.29) is 11.2 Å². The zero-order valence-corrected chi connectivity index (χ0v) is 13.9. The van der Waals surface area contributed by atoms with Crippen molar-refractivity contribution < 1.29 is 9.31 Å². The molecule has 2 aromatic rings. The van der Waals surface area contributed by atoms with Gasteiger partial charge in [-0.3, -0.25) is 0 Å². The monoisotopic (exact) mass is 337 g/mol. The highest BCUT2D eigenvalue weighted by Gasteiger charge is 2.53. The second-order valence-corrected chi connectivity index (χ2v) is 6.90. The van der Waals surface area contributed by atoms with Crippen LogP contribution in [0.2, 0.25) is 0 Å². The highest BCUT2D eigenvalue weighted by atomic mass is 79.9. The number of fused-ring (bicyclic) bond motifs is 1. The Morgan fingerprint density at radius 3 is 2.35 bits per heavy atom. The van der Waals surface area contributed by atoms with Crippen LogP contribution in [0.5, 0.6) is 0 Å². The predicted molar refractivity (Wildman–Crippen MR) is 81.9 cm³/mol. The van der Waals surface area contributed by atoms with E-state index < -0.39 is 7.12 Å². The lowest BCUT2D eigenvalue weighted by atomic mass is 9.84. The standard InChI is InChI=1S/C13H17BBrN3O2/c1-12(2)13(3,4)20-14(19-12)10-9(15)8-6-16-7-17-11(8)18(10)5/h6-7H,1-5H3. The first-order valence-corrected chi connectivity index (χ1v) is 7.33. The van der Waals surface area contributed by atoms with Crippen LogP contribution in [-0.2, 0) is 16.4 Å². The Hall–Kier alpha value is -0.915. The Kier molecular flexibility index (Phi) is 3.01. The topological polar surface area (TPSA) is 49.2 Å². The van der Waals surface area contributed by atoms with E-state index >= 15 is 0 Å². The zero-order valence-electron chi connectivity index (χ0n) is 12.3. The minimum atomic E-state index is -0.423. The molecular weight excluding hydrogens is 321 g/mol. The number of rotatable bonds is 1. The molecule has 0 radical (unpaired) electrons. The largest absolute Gasteiger partial charge is 0.513 e. The zero-order chi connectivity index (χ0) is 14.7. The predicted octanol–water partition coefficient (Wildman–Crippen LogP) is 2.03. The normalized spacial score (nSPS) is 20.8. The Balaban J connectivity index is 2.13. The van der Waals surface area contributed by atoms with Gasteiger partial charge in [0.05, 0.1) is 22.2 Å². The summed E-state index contributed by atoms with van der Waals surface area (Å²) >= 11 is 3.63. The molecule has 0 bridgehead atoms. The Morgan fingerprint density at radius 1 is 1.20 bits per heavy atom. The molecule has 2 aromatic heterocycles. The SMILES string of the molecule is Cn1c(B2OC(C)(C)C(C)(C)O2)c(Br)c2cncnc21. The third-order valence-corrected chi connectivity index (χ3v) is 5.14. The van der Waals surface area contributed by atoms with Gasteiger partial charge in [0.15, 0.2) is 0 Å². The van der Waals surface area contributed by atoms with Crippen molar-refractivity contribution in [3.05, 3.63) is 17.0 Å². The summed E-state index contributed by atoms with van der Waals surface area (Å²) in [5.74, 6) is 0. The molecule has 1 aliphatic rings. The first-order valence-electron chi connectivity index (χ1n) is 6.54. The smallest absolute Gasteiger partial charge is 0.398 e. The molecule has 3 rings (SSSR count). The van der Waals surface area contributed by atoms with Crippen molar-refractivity contribution in [3.8, 4) is 0 Å². The van der Waals surface area contributed by atoms with E-state index in [1.807, 2.05) is 39.3 Å². The molecule has 0 spiro atoms. The first kappa shape index (κ1) is 14.0. The fourth-order valence-electron chi connectivity index (χ4n) is 2.36. The van der Waals surface area contributed by atoms with E-state index in [0.29, 0.717) is 0 Å². The molecule has 20 heavy (non-hydrogen) atoms. The van der Waals surface area contributed by atoms with Crippen LogP contribution in [0, 0.1) is 0 Å². The van der Waals surface area contributed by atoms with Crippen LogP contribution < -0.4 is 5.59 Å². The average Bonchev–Trinajstić information content (AvgIpc) is 2.72. The molecule has 1 fully saturated rings. The van der Waals surface area contributed by atoms with Crippen LogP contribution >= 0.6 is 15.9 Å². The van der Waals surface area contributed by atoms with Crippen LogP contribution in [0.3, 0.4) is 0 Å². The van der Waals surface area contributed by atoms with E-state index in [9.17, 15) is 0 Å². The molecule has 106 valence electrons. The van der Waals surface area contributed by atoms with Gasteiger partial charge in [0.25, 0.3) is 0 Å². The summed E-state index contributed by atoms with van der Waals surface area (Å²) in [6.45, 7) is 8.18. The molecule has 5 nitrogen and oxygen atoms in total. The third kappa shape index (κ3) is 1.83. The maximum atomic E-state index is 6.12. The van der Waals surface area contributed by atoms with E-state index in [4.69, 9.17) is 9.31 Å². The summed E-state index contributed by atoms with van der Waals surface area (Å²) in [4.78, 5) is 8.39. The number of halogens is 1. The van der Waals surface area contributed by atoms with Gasteiger partial charge in [-0.1, -0.05) is 0 Å². The molecule has 3 heterocycles. The van der Waals surface area contributed by atoms with Crippen LogP contribution in [0.25, 0.3) is 11.0 Å². The second kappa shape index (κ2) is 4.29. The maximum Gasteiger partial charge on any atom is 0.513 e. The molecule has 1 aliphatic heterocycles. The van der Waals surface area contributed by atoms with Gasteiger partial charge in [-0.25, -0.2) is 9.97 Å². The van der Waals surface area contributed by atoms with E-state index in [2.05, 4.69) is 25.9 Å². The highest BCUT2D eigenvalue weighted by molar-refractivity contribution is 9.10.